The van der Waals surface area contributed by atoms with E-state index >= 15 is 0 Å². The molecule has 3 aromatic carbocycles. The first kappa shape index (κ1) is 79.5. The molecule has 0 spiro atoms. The molecule has 3 aromatic rings. The molecule has 546 valence electrons. The van der Waals surface area contributed by atoms with Crippen LogP contribution in [-0.4, -0.2) is 230 Å². The topological polar surface area (TPSA) is 349 Å². The SMILES string of the molecule is CC(=O)OC[C@H]1O[C@@H](O[C@H]2[C@H](O)[C@@H](CO[C@@H]3O[C@H](CO[C@@H]4O[C@H](CO[Si](C)(C)C(C)(C)C)[C@@H](OCc5ccccc5)[C@H](OC(C)=O)[C@H]4OC(C)=O)[C@@H](OCc4ccccc4)[C@H](OC(C)=O)[C@H]3OC(C)=O)O[C@@H]([Se]c3ccccc3)[C@@H]2OC(C)=O)[C@H](OC(C)=O)[C@@H](OC(C)=O)[C@@H]1OC(C)=O. The van der Waals surface area contributed by atoms with E-state index in [0.717, 1.165) is 61.0 Å². The van der Waals surface area contributed by atoms with E-state index < -0.39 is 218 Å². The summed E-state index contributed by atoms with van der Waals surface area (Å²) in [5, 5.41) is 11.3. The van der Waals surface area contributed by atoms with Gasteiger partial charge in [-0.15, -0.1) is 0 Å². The molecule has 20 atom stereocenters. The number of aliphatic hydroxyl groups excluding tert-OH is 1. The maximum atomic E-state index is 13.4. The molecule has 0 aliphatic carbocycles. The Morgan fingerprint density at radius 2 is 0.747 bits per heavy atom. The first-order valence-electron chi connectivity index (χ1n) is 32.1. The molecular weight excluding hydrogens is 1390 g/mol. The number of hydrogen-bond acceptors (Lipinski definition) is 29. The summed E-state index contributed by atoms with van der Waals surface area (Å²) in [6.07, 6.45) is -30.2. The van der Waals surface area contributed by atoms with Crippen LogP contribution in [-0.2, 0) is 146 Å². The molecule has 1 N–H and O–H groups in total. The third-order valence-corrected chi connectivity index (χ3v) is 23.3. The van der Waals surface area contributed by atoms with Gasteiger partial charge in [0.25, 0.3) is 0 Å². The molecule has 0 bridgehead atoms. The summed E-state index contributed by atoms with van der Waals surface area (Å²) in [4.78, 5) is 117. The van der Waals surface area contributed by atoms with Crippen molar-refractivity contribution in [3.8, 4) is 0 Å². The van der Waals surface area contributed by atoms with E-state index in [-0.39, 0.29) is 24.9 Å². The standard InChI is InChI=1S/C68H90O29SeSi/c1-36(69)79-33-50-55(85-37(2)70)59(88-40(5)73)62(91-43(8)76)66(95-50)97-56-52(78)48(96-67(63(56)92-44(9)77)98-47-28-22-17-23-29-47)32-82-64-60(89-41(6)74)57(86-38(3)71)53(80-30-45-24-18-15-19-25-45)49(93-64)34-83-65-61(90-42(7)75)58(87-39(4)72)54(81-31-46-26-20-16-21-27-46)51(94-65)35-84-99(13,14)68(10,11)12/h15-29,48-67,78H,30-35H2,1-14H3/t48-,49-,50-,51-,52-,53-,54-,55-,56+,57+,58+,59+,60-,61-,62-,63-,64-,65-,66+,67+/m1/s1. The molecule has 99 heavy (non-hydrogen) atoms. The fourth-order valence-corrected chi connectivity index (χ4v) is 14.5. The zero-order valence-corrected chi connectivity index (χ0v) is 60.4. The third-order valence-electron chi connectivity index (χ3n) is 16.4. The van der Waals surface area contributed by atoms with Gasteiger partial charge in [-0.1, -0.05) is 81.4 Å². The molecule has 29 nitrogen and oxygen atoms in total. The molecule has 4 fully saturated rings. The van der Waals surface area contributed by atoms with Crippen molar-refractivity contribution in [2.24, 2.45) is 0 Å². The van der Waals surface area contributed by atoms with Crippen molar-refractivity contribution < 1.29 is 138 Å². The first-order chi connectivity index (χ1) is 46.8. The van der Waals surface area contributed by atoms with Crippen molar-refractivity contribution in [2.45, 2.75) is 236 Å². The molecular formula is C68H90O29SeSi. The van der Waals surface area contributed by atoms with Crippen LogP contribution in [0.2, 0.25) is 18.1 Å². The Morgan fingerprint density at radius 3 is 1.17 bits per heavy atom. The van der Waals surface area contributed by atoms with Crippen LogP contribution < -0.4 is 4.46 Å². The molecule has 0 aromatic heterocycles. The van der Waals surface area contributed by atoms with Crippen molar-refractivity contribution in [3.63, 3.8) is 0 Å². The van der Waals surface area contributed by atoms with Gasteiger partial charge in [0.05, 0.1) is 13.2 Å². The molecule has 0 unspecified atom stereocenters. The number of rotatable bonds is 29. The van der Waals surface area contributed by atoms with Gasteiger partial charge in [-0.05, 0) is 23.7 Å². The van der Waals surface area contributed by atoms with Crippen LogP contribution in [0.4, 0.5) is 0 Å². The van der Waals surface area contributed by atoms with Crippen LogP contribution >= 0.6 is 0 Å². The van der Waals surface area contributed by atoms with E-state index in [4.69, 9.17) is 89.7 Å². The number of hydrogen-bond donors (Lipinski definition) is 1. The summed E-state index contributed by atoms with van der Waals surface area (Å²) in [5.74, 6) is -7.84. The maximum absolute atomic E-state index is 13.4. The van der Waals surface area contributed by atoms with Crippen molar-refractivity contribution in [1.29, 1.82) is 0 Å². The van der Waals surface area contributed by atoms with Gasteiger partial charge in [-0.25, -0.2) is 0 Å². The molecule has 4 heterocycles. The molecule has 4 aliphatic rings. The average molecular weight is 1480 g/mol. The van der Waals surface area contributed by atoms with Gasteiger partial charge >= 0.3 is 397 Å². The Morgan fingerprint density at radius 1 is 0.394 bits per heavy atom. The van der Waals surface area contributed by atoms with Crippen LogP contribution in [0.3, 0.4) is 0 Å². The number of aliphatic hydroxyl groups is 1. The van der Waals surface area contributed by atoms with E-state index in [1.807, 2.05) is 43.4 Å². The Kier molecular flexibility index (Phi) is 29.5. The Balaban J connectivity index is 1.30. The van der Waals surface area contributed by atoms with E-state index in [9.17, 15) is 48.3 Å². The third kappa shape index (κ3) is 23.1. The number of carbonyl (C=O) groups excluding carboxylic acids is 9. The van der Waals surface area contributed by atoms with Crippen LogP contribution in [0.15, 0.2) is 91.0 Å². The van der Waals surface area contributed by atoms with E-state index in [1.54, 1.807) is 60.7 Å². The second kappa shape index (κ2) is 36.7. The minimum atomic E-state index is -2.58. The predicted octanol–water partition coefficient (Wildman–Crippen LogP) is 3.90. The van der Waals surface area contributed by atoms with Gasteiger partial charge in [-0.2, -0.15) is 0 Å². The second-order valence-corrected chi connectivity index (χ2v) is 32.6. The van der Waals surface area contributed by atoms with Gasteiger partial charge in [0.1, 0.15) is 12.2 Å². The van der Waals surface area contributed by atoms with Crippen molar-refractivity contribution in [2.75, 3.05) is 26.4 Å². The summed E-state index contributed by atoms with van der Waals surface area (Å²) >= 11 is -0.847. The summed E-state index contributed by atoms with van der Waals surface area (Å²) < 4.78 is 119. The second-order valence-electron chi connectivity index (χ2n) is 25.3. The predicted molar refractivity (Wildman–Crippen MR) is 344 cm³/mol. The van der Waals surface area contributed by atoms with Gasteiger partial charge in [0.2, 0.25) is 0 Å². The number of ether oxygens (including phenoxy) is 18. The van der Waals surface area contributed by atoms with Crippen LogP contribution in [0, 0.1) is 0 Å². The van der Waals surface area contributed by atoms with Crippen LogP contribution in [0.1, 0.15) is 94.2 Å². The zero-order chi connectivity index (χ0) is 72.5. The monoisotopic (exact) mass is 1480 g/mol. The molecule has 4 aliphatic heterocycles. The molecule has 31 heteroatoms. The number of carbonyl (C=O) groups is 9. The zero-order valence-electron chi connectivity index (χ0n) is 57.7. The molecule has 7 rings (SSSR count). The Labute approximate surface area is 581 Å². The van der Waals surface area contributed by atoms with Gasteiger partial charge < -0.3 is 18.6 Å². The first-order valence-corrected chi connectivity index (χ1v) is 36.9. The van der Waals surface area contributed by atoms with E-state index in [1.165, 1.54) is 6.92 Å². The van der Waals surface area contributed by atoms with Crippen LogP contribution in [0.25, 0.3) is 0 Å². The van der Waals surface area contributed by atoms with Crippen molar-refractivity contribution in [1.82, 2.24) is 0 Å². The molecule has 0 radical (unpaired) electrons. The molecule has 0 amide bonds. The fraction of sp³-hybridized carbons (Fsp3) is 0.603. The average Bonchev–Trinajstić information content (AvgIpc) is 0.779. The van der Waals surface area contributed by atoms with E-state index in [0.29, 0.717) is 10.0 Å². The minimum absolute atomic E-state index is 0.000628. The normalized spacial score (nSPS) is 30.1. The Hall–Kier alpha value is -6.81. The van der Waals surface area contributed by atoms with Crippen molar-refractivity contribution in [3.05, 3.63) is 102 Å². The molecule has 0 saturated carbocycles. The number of esters is 9. The van der Waals surface area contributed by atoms with Gasteiger partial charge in [-0.3, -0.25) is 9.59 Å². The quantitative estimate of drug-likeness (QED) is 0.0585. The fourth-order valence-electron chi connectivity index (χ4n) is 11.1. The van der Waals surface area contributed by atoms with Crippen molar-refractivity contribution >= 4 is 81.5 Å². The van der Waals surface area contributed by atoms with Gasteiger partial charge in [0, 0.05) is 13.8 Å². The van der Waals surface area contributed by atoms with E-state index in [2.05, 4.69) is 20.8 Å². The summed E-state index contributed by atoms with van der Waals surface area (Å²) in [5.41, 5.74) is 1.40. The summed E-state index contributed by atoms with van der Waals surface area (Å²) in [7, 11) is -2.58. The summed E-state index contributed by atoms with van der Waals surface area (Å²) in [6, 6.07) is 26.9. The molecule has 4 saturated heterocycles. The summed E-state index contributed by atoms with van der Waals surface area (Å²) in [6.45, 7) is 17.8. The number of benzene rings is 3. The van der Waals surface area contributed by atoms with Gasteiger partial charge in [0.15, 0.2) is 14.4 Å². The Bertz CT molecular complexity index is 3170. The van der Waals surface area contributed by atoms with Crippen LogP contribution in [0.5, 0.6) is 0 Å².